The normalized spacial score (nSPS) is 10.0. The molecule has 2 rings (SSSR count). The predicted octanol–water partition coefficient (Wildman–Crippen LogP) is 0.808. The Kier molecular flexibility index (Phi) is 5.53. The number of benzene rings is 1. The Morgan fingerprint density at radius 3 is 2.45 bits per heavy atom. The van der Waals surface area contributed by atoms with Crippen LogP contribution in [0.4, 0.5) is 4.79 Å². The standard InChI is InChI=1S/C15H19N5O2/c1-12(21)16-8-9-17-15(22)18-11-13-3-5-14(6-4-13)20-10-2-7-19-20/h2-7,10H,8-9,11H2,1H3,(H,16,21)(H2,17,18,22). The Morgan fingerprint density at radius 1 is 1.09 bits per heavy atom. The Morgan fingerprint density at radius 2 is 1.82 bits per heavy atom. The van der Waals surface area contributed by atoms with E-state index in [4.69, 9.17) is 0 Å². The van der Waals surface area contributed by atoms with Crippen LogP contribution in [0.3, 0.4) is 0 Å². The third-order valence-electron chi connectivity index (χ3n) is 2.94. The highest BCUT2D eigenvalue weighted by molar-refractivity contribution is 5.74. The fraction of sp³-hybridized carbons (Fsp3) is 0.267. The fourth-order valence-electron chi connectivity index (χ4n) is 1.85. The van der Waals surface area contributed by atoms with Crippen LogP contribution in [0.15, 0.2) is 42.7 Å². The average molecular weight is 301 g/mol. The zero-order chi connectivity index (χ0) is 15.8. The van der Waals surface area contributed by atoms with Crippen molar-refractivity contribution in [2.45, 2.75) is 13.5 Å². The van der Waals surface area contributed by atoms with Gasteiger partial charge in [0.2, 0.25) is 5.91 Å². The first-order chi connectivity index (χ1) is 10.6. The molecule has 7 heteroatoms. The number of nitrogens with zero attached hydrogens (tertiary/aromatic N) is 2. The minimum atomic E-state index is -0.262. The lowest BCUT2D eigenvalue weighted by atomic mass is 10.2. The van der Waals surface area contributed by atoms with Crippen LogP contribution in [0.25, 0.3) is 5.69 Å². The lowest BCUT2D eigenvalue weighted by Gasteiger charge is -2.08. The van der Waals surface area contributed by atoms with E-state index in [1.807, 2.05) is 36.5 Å². The summed E-state index contributed by atoms with van der Waals surface area (Å²) in [6.45, 7) is 2.68. The number of carbonyl (C=O) groups is 2. The first-order valence-electron chi connectivity index (χ1n) is 7.00. The second-order valence-electron chi connectivity index (χ2n) is 4.71. The molecule has 116 valence electrons. The quantitative estimate of drug-likeness (QED) is 0.690. The van der Waals surface area contributed by atoms with Gasteiger partial charge in [0.05, 0.1) is 5.69 Å². The maximum atomic E-state index is 11.6. The molecule has 1 aromatic carbocycles. The van der Waals surface area contributed by atoms with Crippen LogP contribution >= 0.6 is 0 Å². The van der Waals surface area contributed by atoms with Crippen molar-refractivity contribution in [3.63, 3.8) is 0 Å². The van der Waals surface area contributed by atoms with Gasteiger partial charge in [-0.05, 0) is 23.8 Å². The highest BCUT2D eigenvalue weighted by Crippen LogP contribution is 2.08. The van der Waals surface area contributed by atoms with Crippen LogP contribution in [-0.4, -0.2) is 34.8 Å². The van der Waals surface area contributed by atoms with Gasteiger partial charge in [-0.15, -0.1) is 0 Å². The van der Waals surface area contributed by atoms with Crippen molar-refractivity contribution < 1.29 is 9.59 Å². The number of rotatable bonds is 6. The van der Waals surface area contributed by atoms with Crippen LogP contribution < -0.4 is 16.0 Å². The number of hydrogen-bond acceptors (Lipinski definition) is 3. The largest absolute Gasteiger partial charge is 0.355 e. The summed E-state index contributed by atoms with van der Waals surface area (Å²) in [5, 5.41) is 12.2. The molecule has 0 spiro atoms. The van der Waals surface area contributed by atoms with Crippen LogP contribution in [0, 0.1) is 0 Å². The molecule has 0 fully saturated rings. The van der Waals surface area contributed by atoms with Gasteiger partial charge in [-0.1, -0.05) is 12.1 Å². The Labute approximate surface area is 128 Å². The van der Waals surface area contributed by atoms with Gasteiger partial charge in [0.1, 0.15) is 0 Å². The van der Waals surface area contributed by atoms with Gasteiger partial charge in [-0.25, -0.2) is 9.48 Å². The van der Waals surface area contributed by atoms with Gasteiger partial charge in [0, 0.05) is 39.0 Å². The third-order valence-corrected chi connectivity index (χ3v) is 2.94. The van der Waals surface area contributed by atoms with Crippen molar-refractivity contribution >= 4 is 11.9 Å². The number of carbonyl (C=O) groups excluding carboxylic acids is 2. The molecule has 0 aliphatic rings. The van der Waals surface area contributed by atoms with E-state index in [2.05, 4.69) is 21.0 Å². The lowest BCUT2D eigenvalue weighted by molar-refractivity contribution is -0.118. The van der Waals surface area contributed by atoms with E-state index in [0.29, 0.717) is 19.6 Å². The molecule has 2 aromatic rings. The third kappa shape index (κ3) is 4.93. The molecular weight excluding hydrogens is 282 g/mol. The van der Waals surface area contributed by atoms with E-state index >= 15 is 0 Å². The molecule has 22 heavy (non-hydrogen) atoms. The Hall–Kier alpha value is -2.83. The molecule has 0 bridgehead atoms. The summed E-state index contributed by atoms with van der Waals surface area (Å²) in [5.74, 6) is -0.112. The highest BCUT2D eigenvalue weighted by atomic mass is 16.2. The smallest absolute Gasteiger partial charge is 0.315 e. The molecule has 3 N–H and O–H groups in total. The number of urea groups is 1. The summed E-state index contributed by atoms with van der Waals surface area (Å²) in [6.07, 6.45) is 3.59. The van der Waals surface area contributed by atoms with Crippen molar-refractivity contribution in [1.29, 1.82) is 0 Å². The fourth-order valence-corrected chi connectivity index (χ4v) is 1.85. The van der Waals surface area contributed by atoms with Crippen molar-refractivity contribution in [3.8, 4) is 5.69 Å². The molecule has 3 amide bonds. The Bertz CT molecular complexity index is 607. The maximum Gasteiger partial charge on any atom is 0.315 e. The summed E-state index contributed by atoms with van der Waals surface area (Å²) in [4.78, 5) is 22.2. The molecular formula is C15H19N5O2. The highest BCUT2D eigenvalue weighted by Gasteiger charge is 2.01. The second-order valence-corrected chi connectivity index (χ2v) is 4.71. The molecule has 0 saturated carbocycles. The van der Waals surface area contributed by atoms with E-state index in [-0.39, 0.29) is 11.9 Å². The molecule has 0 atom stereocenters. The van der Waals surface area contributed by atoms with E-state index in [9.17, 15) is 9.59 Å². The molecule has 0 aliphatic heterocycles. The molecule has 0 saturated heterocycles. The molecule has 0 radical (unpaired) electrons. The molecule has 7 nitrogen and oxygen atoms in total. The number of amides is 3. The monoisotopic (exact) mass is 301 g/mol. The summed E-state index contributed by atoms with van der Waals surface area (Å²) < 4.78 is 1.77. The van der Waals surface area contributed by atoms with E-state index in [1.165, 1.54) is 6.92 Å². The zero-order valence-corrected chi connectivity index (χ0v) is 12.4. The van der Waals surface area contributed by atoms with E-state index in [1.54, 1.807) is 10.9 Å². The summed E-state index contributed by atoms with van der Waals surface area (Å²) in [5.41, 5.74) is 1.96. The van der Waals surface area contributed by atoms with Gasteiger partial charge in [0.25, 0.3) is 0 Å². The van der Waals surface area contributed by atoms with E-state index < -0.39 is 0 Å². The number of nitrogens with one attached hydrogen (secondary N) is 3. The van der Waals surface area contributed by atoms with Crippen molar-refractivity contribution in [2.24, 2.45) is 0 Å². The number of hydrogen-bond donors (Lipinski definition) is 3. The van der Waals surface area contributed by atoms with Crippen molar-refractivity contribution in [3.05, 3.63) is 48.3 Å². The molecule has 1 aromatic heterocycles. The van der Waals surface area contributed by atoms with E-state index in [0.717, 1.165) is 11.3 Å². The zero-order valence-electron chi connectivity index (χ0n) is 12.4. The minimum absolute atomic E-state index is 0.112. The predicted molar refractivity (Wildman–Crippen MR) is 82.5 cm³/mol. The van der Waals surface area contributed by atoms with Gasteiger partial charge in [-0.3, -0.25) is 4.79 Å². The average Bonchev–Trinajstić information content (AvgIpc) is 3.04. The van der Waals surface area contributed by atoms with Crippen LogP contribution in [0.2, 0.25) is 0 Å². The Balaban J connectivity index is 1.72. The maximum absolute atomic E-state index is 11.6. The van der Waals surface area contributed by atoms with Gasteiger partial charge in [-0.2, -0.15) is 5.10 Å². The first-order valence-corrected chi connectivity index (χ1v) is 7.00. The SMILES string of the molecule is CC(=O)NCCNC(=O)NCc1ccc(-n2cccn2)cc1. The van der Waals surface area contributed by atoms with Crippen LogP contribution in [0.1, 0.15) is 12.5 Å². The lowest BCUT2D eigenvalue weighted by Crippen LogP contribution is -2.39. The summed E-state index contributed by atoms with van der Waals surface area (Å²) in [7, 11) is 0. The van der Waals surface area contributed by atoms with Crippen LogP contribution in [0.5, 0.6) is 0 Å². The summed E-state index contributed by atoms with van der Waals surface area (Å²) in [6, 6.07) is 9.36. The van der Waals surface area contributed by atoms with Crippen molar-refractivity contribution in [1.82, 2.24) is 25.7 Å². The van der Waals surface area contributed by atoms with Crippen molar-refractivity contribution in [2.75, 3.05) is 13.1 Å². The van der Waals surface area contributed by atoms with Gasteiger partial charge < -0.3 is 16.0 Å². The molecule has 0 aliphatic carbocycles. The molecule has 0 unspecified atom stereocenters. The van der Waals surface area contributed by atoms with Crippen LogP contribution in [-0.2, 0) is 11.3 Å². The van der Waals surface area contributed by atoms with Gasteiger partial charge >= 0.3 is 6.03 Å². The topological polar surface area (TPSA) is 88.0 Å². The number of aromatic nitrogens is 2. The second kappa shape index (κ2) is 7.82. The minimum Gasteiger partial charge on any atom is -0.355 e. The molecule has 1 heterocycles. The first kappa shape index (κ1) is 15.6. The summed E-state index contributed by atoms with van der Waals surface area (Å²) >= 11 is 0. The van der Waals surface area contributed by atoms with Gasteiger partial charge in [0.15, 0.2) is 0 Å².